The van der Waals surface area contributed by atoms with Gasteiger partial charge in [0.15, 0.2) is 0 Å². The molecule has 0 atom stereocenters. The van der Waals surface area contributed by atoms with Crippen LogP contribution < -0.4 is 10.3 Å². The SMILES string of the molecule is C/C(=N\NC(=O)c1ccc(O)cc1)c1ccc(N2CCOCC2)cc1. The van der Waals surface area contributed by atoms with Crippen molar-refractivity contribution in [1.29, 1.82) is 0 Å². The van der Waals surface area contributed by atoms with Crippen molar-refractivity contribution in [2.75, 3.05) is 31.2 Å². The summed E-state index contributed by atoms with van der Waals surface area (Å²) in [6.07, 6.45) is 0. The van der Waals surface area contributed by atoms with E-state index in [2.05, 4.69) is 27.6 Å². The number of anilines is 1. The van der Waals surface area contributed by atoms with Crippen LogP contribution in [0.25, 0.3) is 0 Å². The van der Waals surface area contributed by atoms with Crippen molar-refractivity contribution in [3.8, 4) is 5.75 Å². The zero-order chi connectivity index (χ0) is 17.6. The number of carbonyl (C=O) groups is 1. The van der Waals surface area contributed by atoms with Crippen LogP contribution in [0.4, 0.5) is 5.69 Å². The van der Waals surface area contributed by atoms with Crippen molar-refractivity contribution in [2.45, 2.75) is 6.92 Å². The topological polar surface area (TPSA) is 74.2 Å². The smallest absolute Gasteiger partial charge is 0.271 e. The first-order chi connectivity index (χ1) is 12.1. The number of ether oxygens (including phenoxy) is 1. The number of phenols is 1. The maximum atomic E-state index is 12.0. The van der Waals surface area contributed by atoms with Crippen molar-refractivity contribution in [1.82, 2.24) is 5.43 Å². The van der Waals surface area contributed by atoms with Gasteiger partial charge in [0.25, 0.3) is 5.91 Å². The van der Waals surface area contributed by atoms with Crippen molar-refractivity contribution >= 4 is 17.3 Å². The van der Waals surface area contributed by atoms with E-state index in [0.29, 0.717) is 5.56 Å². The molecule has 3 rings (SSSR count). The summed E-state index contributed by atoms with van der Waals surface area (Å²) in [4.78, 5) is 14.3. The fourth-order valence-corrected chi connectivity index (χ4v) is 2.61. The third kappa shape index (κ3) is 4.36. The highest BCUT2D eigenvalue weighted by Crippen LogP contribution is 2.17. The number of nitrogens with one attached hydrogen (secondary N) is 1. The largest absolute Gasteiger partial charge is 0.508 e. The summed E-state index contributed by atoms with van der Waals surface area (Å²) in [5.74, 6) is -0.194. The zero-order valence-electron chi connectivity index (χ0n) is 14.1. The molecule has 0 spiro atoms. The van der Waals surface area contributed by atoms with Gasteiger partial charge in [-0.1, -0.05) is 12.1 Å². The van der Waals surface area contributed by atoms with Gasteiger partial charge in [0.1, 0.15) is 5.75 Å². The van der Waals surface area contributed by atoms with Gasteiger partial charge in [-0.25, -0.2) is 5.43 Å². The molecule has 2 aromatic carbocycles. The Labute approximate surface area is 146 Å². The number of aromatic hydroxyl groups is 1. The molecule has 0 bridgehead atoms. The van der Waals surface area contributed by atoms with Gasteiger partial charge >= 0.3 is 0 Å². The van der Waals surface area contributed by atoms with Crippen LogP contribution in [0.5, 0.6) is 5.75 Å². The predicted molar refractivity (Wildman–Crippen MR) is 97.3 cm³/mol. The van der Waals surface area contributed by atoms with Crippen molar-refractivity contribution < 1.29 is 14.6 Å². The molecule has 2 N–H and O–H groups in total. The minimum absolute atomic E-state index is 0.122. The van der Waals surface area contributed by atoms with E-state index in [4.69, 9.17) is 4.74 Å². The number of amides is 1. The van der Waals surface area contributed by atoms with Gasteiger partial charge in [-0.15, -0.1) is 0 Å². The second-order valence-corrected chi connectivity index (χ2v) is 5.83. The van der Waals surface area contributed by atoms with Gasteiger partial charge in [-0.3, -0.25) is 4.79 Å². The maximum Gasteiger partial charge on any atom is 0.271 e. The minimum Gasteiger partial charge on any atom is -0.508 e. The average Bonchev–Trinajstić information content (AvgIpc) is 2.67. The number of hydrazone groups is 1. The second-order valence-electron chi connectivity index (χ2n) is 5.83. The van der Waals surface area contributed by atoms with Crippen LogP contribution in [0.3, 0.4) is 0 Å². The van der Waals surface area contributed by atoms with E-state index in [1.54, 1.807) is 12.1 Å². The Bertz CT molecular complexity index is 748. The quantitative estimate of drug-likeness (QED) is 0.662. The summed E-state index contributed by atoms with van der Waals surface area (Å²) >= 11 is 0. The third-order valence-corrected chi connectivity index (χ3v) is 4.12. The fourth-order valence-electron chi connectivity index (χ4n) is 2.61. The number of hydrogen-bond acceptors (Lipinski definition) is 5. The molecule has 1 heterocycles. The lowest BCUT2D eigenvalue weighted by molar-refractivity contribution is 0.0955. The molecule has 0 unspecified atom stereocenters. The highest BCUT2D eigenvalue weighted by atomic mass is 16.5. The van der Waals surface area contributed by atoms with Crippen LogP contribution in [0.2, 0.25) is 0 Å². The van der Waals surface area contributed by atoms with Gasteiger partial charge in [0, 0.05) is 24.3 Å². The number of nitrogens with zero attached hydrogens (tertiary/aromatic N) is 2. The number of morpholine rings is 1. The van der Waals surface area contributed by atoms with Crippen LogP contribution in [-0.2, 0) is 4.74 Å². The zero-order valence-corrected chi connectivity index (χ0v) is 14.1. The van der Waals surface area contributed by atoms with Gasteiger partial charge in [-0.05, 0) is 48.9 Å². The lowest BCUT2D eigenvalue weighted by atomic mass is 10.1. The number of rotatable bonds is 4. The summed E-state index contributed by atoms with van der Waals surface area (Å²) in [6.45, 7) is 5.15. The van der Waals surface area contributed by atoms with Crippen molar-refractivity contribution in [3.05, 3.63) is 59.7 Å². The molecule has 0 radical (unpaired) electrons. The fraction of sp³-hybridized carbons (Fsp3) is 0.263. The first-order valence-electron chi connectivity index (χ1n) is 8.20. The molecular formula is C19H21N3O3. The molecule has 1 saturated heterocycles. The Balaban J connectivity index is 1.63. The Hall–Kier alpha value is -2.86. The van der Waals surface area contributed by atoms with Crippen molar-refractivity contribution in [2.24, 2.45) is 5.10 Å². The lowest BCUT2D eigenvalue weighted by Gasteiger charge is -2.28. The molecule has 6 nitrogen and oxygen atoms in total. The van der Waals surface area contributed by atoms with E-state index in [-0.39, 0.29) is 11.7 Å². The minimum atomic E-state index is -0.315. The van der Waals surface area contributed by atoms with E-state index in [9.17, 15) is 9.90 Å². The Morgan fingerprint density at radius 3 is 2.28 bits per heavy atom. The third-order valence-electron chi connectivity index (χ3n) is 4.12. The van der Waals surface area contributed by atoms with E-state index >= 15 is 0 Å². The highest BCUT2D eigenvalue weighted by Gasteiger charge is 2.11. The van der Waals surface area contributed by atoms with Gasteiger partial charge in [0.05, 0.1) is 18.9 Å². The Morgan fingerprint density at radius 2 is 1.64 bits per heavy atom. The normalized spacial score (nSPS) is 15.1. The summed E-state index contributed by atoms with van der Waals surface area (Å²) in [5.41, 5.74) is 5.81. The van der Waals surface area contributed by atoms with Gasteiger partial charge in [-0.2, -0.15) is 5.10 Å². The predicted octanol–water partition coefficient (Wildman–Crippen LogP) is 2.38. The van der Waals surface area contributed by atoms with E-state index < -0.39 is 0 Å². The Kier molecular flexibility index (Phi) is 5.30. The lowest BCUT2D eigenvalue weighted by Crippen LogP contribution is -2.36. The molecule has 1 fully saturated rings. The van der Waals surface area contributed by atoms with Crippen molar-refractivity contribution in [3.63, 3.8) is 0 Å². The van der Waals surface area contributed by atoms with Gasteiger partial charge < -0.3 is 14.7 Å². The molecule has 6 heteroatoms. The monoisotopic (exact) mass is 339 g/mol. The molecule has 25 heavy (non-hydrogen) atoms. The van der Waals surface area contributed by atoms with E-state index in [0.717, 1.165) is 43.3 Å². The second kappa shape index (κ2) is 7.81. The average molecular weight is 339 g/mol. The molecule has 1 amide bonds. The van der Waals surface area contributed by atoms with Gasteiger partial charge in [0.2, 0.25) is 0 Å². The first-order valence-corrected chi connectivity index (χ1v) is 8.20. The van der Waals surface area contributed by atoms with Crippen LogP contribution in [0, 0.1) is 0 Å². The summed E-state index contributed by atoms with van der Waals surface area (Å²) < 4.78 is 5.37. The van der Waals surface area contributed by atoms with Crippen LogP contribution >= 0.6 is 0 Å². The van der Waals surface area contributed by atoms with E-state index in [1.165, 1.54) is 12.1 Å². The molecule has 0 aromatic heterocycles. The molecular weight excluding hydrogens is 318 g/mol. The molecule has 0 saturated carbocycles. The molecule has 2 aromatic rings. The molecule has 0 aliphatic carbocycles. The standard InChI is InChI=1S/C19H21N3O3/c1-14(20-21-19(24)16-4-8-18(23)9-5-16)15-2-6-17(7-3-15)22-10-12-25-13-11-22/h2-9,23H,10-13H2,1H3,(H,21,24)/b20-14+. The van der Waals surface area contributed by atoms with E-state index in [1.807, 2.05) is 19.1 Å². The number of benzene rings is 2. The number of phenolic OH excluding ortho intramolecular Hbond substituents is 1. The van der Waals surface area contributed by atoms with Crippen LogP contribution in [0.1, 0.15) is 22.8 Å². The summed E-state index contributed by atoms with van der Waals surface area (Å²) in [6, 6.07) is 14.1. The molecule has 1 aliphatic rings. The number of carbonyl (C=O) groups excluding carboxylic acids is 1. The number of hydrogen-bond donors (Lipinski definition) is 2. The maximum absolute atomic E-state index is 12.0. The van der Waals surface area contributed by atoms with Crippen LogP contribution in [-0.4, -0.2) is 43.0 Å². The first kappa shape index (κ1) is 17.0. The van der Waals surface area contributed by atoms with Crippen LogP contribution in [0.15, 0.2) is 53.6 Å². The Morgan fingerprint density at radius 1 is 1.04 bits per heavy atom. The molecule has 1 aliphatic heterocycles. The summed E-state index contributed by atoms with van der Waals surface area (Å²) in [7, 11) is 0. The summed E-state index contributed by atoms with van der Waals surface area (Å²) in [5, 5.41) is 13.4. The highest BCUT2D eigenvalue weighted by molar-refractivity contribution is 6.01. The molecule has 130 valence electrons.